The summed E-state index contributed by atoms with van der Waals surface area (Å²) >= 11 is 2.25. The molecule has 0 saturated carbocycles. The van der Waals surface area contributed by atoms with Gasteiger partial charge in [0, 0.05) is 24.7 Å². The molecular weight excluding hydrogens is 455 g/mol. The molecule has 0 bridgehead atoms. The van der Waals surface area contributed by atoms with E-state index in [-0.39, 0.29) is 0 Å². The van der Waals surface area contributed by atoms with Crippen molar-refractivity contribution in [2.75, 3.05) is 12.4 Å². The van der Waals surface area contributed by atoms with Crippen LogP contribution in [0.2, 0.25) is 0 Å². The predicted molar refractivity (Wildman–Crippen MR) is 112 cm³/mol. The number of halogens is 1. The van der Waals surface area contributed by atoms with Crippen molar-refractivity contribution >= 4 is 39.6 Å². The molecular formula is C19H17IN6O. The van der Waals surface area contributed by atoms with Gasteiger partial charge >= 0.3 is 0 Å². The number of pyridine rings is 2. The molecule has 0 fully saturated rings. The Kier molecular flexibility index (Phi) is 4.88. The minimum Gasteiger partial charge on any atom is -0.481 e. The van der Waals surface area contributed by atoms with Crippen LogP contribution in [0.25, 0.3) is 17.0 Å². The van der Waals surface area contributed by atoms with Crippen LogP contribution in [-0.2, 0) is 6.42 Å². The highest BCUT2D eigenvalue weighted by molar-refractivity contribution is 14.1. The van der Waals surface area contributed by atoms with E-state index in [4.69, 9.17) is 9.72 Å². The number of anilines is 2. The van der Waals surface area contributed by atoms with Crippen LogP contribution in [0.5, 0.6) is 5.88 Å². The first-order valence-corrected chi connectivity index (χ1v) is 9.53. The predicted octanol–water partition coefficient (Wildman–Crippen LogP) is 4.11. The molecule has 0 amide bonds. The minimum absolute atomic E-state index is 0.520. The number of hydrogen-bond acceptors (Lipinski definition) is 6. The SMILES string of the molecule is CCc1cc2c(Nc3ccncc3I)nc(-c3cccc(OC)n3)nn2c1. The molecule has 7 nitrogen and oxygen atoms in total. The van der Waals surface area contributed by atoms with E-state index in [0.717, 1.165) is 21.2 Å². The number of methoxy groups -OCH3 is 1. The summed E-state index contributed by atoms with van der Waals surface area (Å²) in [6.07, 6.45) is 6.50. The first-order valence-electron chi connectivity index (χ1n) is 8.45. The Hall–Kier alpha value is -2.75. The smallest absolute Gasteiger partial charge is 0.213 e. The Morgan fingerprint density at radius 1 is 1.22 bits per heavy atom. The van der Waals surface area contributed by atoms with Crippen molar-refractivity contribution in [3.63, 3.8) is 0 Å². The fraction of sp³-hybridized carbons (Fsp3) is 0.158. The third-order valence-corrected chi connectivity index (χ3v) is 4.97. The molecule has 8 heteroatoms. The summed E-state index contributed by atoms with van der Waals surface area (Å²) in [7, 11) is 1.59. The number of aromatic nitrogens is 5. The van der Waals surface area contributed by atoms with E-state index in [1.54, 1.807) is 25.6 Å². The quantitative estimate of drug-likeness (QED) is 0.441. The van der Waals surface area contributed by atoms with Crippen molar-refractivity contribution in [1.82, 2.24) is 24.6 Å². The standard InChI is InChI=1S/C19H17IN6O/c1-3-12-9-16-19(23-14-7-8-21-10-13(14)20)24-18(25-26(16)11-12)15-5-4-6-17(22-15)27-2/h4-11H,3H2,1-2H3,(H,21,23,24,25). The lowest BCUT2D eigenvalue weighted by atomic mass is 10.2. The van der Waals surface area contributed by atoms with Gasteiger partial charge in [0.2, 0.25) is 11.7 Å². The van der Waals surface area contributed by atoms with Gasteiger partial charge in [-0.25, -0.2) is 14.5 Å². The van der Waals surface area contributed by atoms with Crippen molar-refractivity contribution in [1.29, 1.82) is 0 Å². The Labute approximate surface area is 170 Å². The summed E-state index contributed by atoms with van der Waals surface area (Å²) in [4.78, 5) is 13.3. The number of rotatable bonds is 5. The molecule has 0 aliphatic rings. The molecule has 0 unspecified atom stereocenters. The van der Waals surface area contributed by atoms with Crippen LogP contribution in [0, 0.1) is 3.57 Å². The van der Waals surface area contributed by atoms with E-state index >= 15 is 0 Å². The Balaban J connectivity index is 1.87. The largest absolute Gasteiger partial charge is 0.481 e. The molecule has 4 aromatic heterocycles. The third kappa shape index (κ3) is 3.57. The molecule has 1 N–H and O–H groups in total. The number of aryl methyl sites for hydroxylation is 1. The Morgan fingerprint density at radius 3 is 2.89 bits per heavy atom. The molecule has 27 heavy (non-hydrogen) atoms. The van der Waals surface area contributed by atoms with Gasteiger partial charge in [0.1, 0.15) is 11.2 Å². The average Bonchev–Trinajstić information content (AvgIpc) is 3.13. The van der Waals surface area contributed by atoms with Crippen molar-refractivity contribution in [3.05, 3.63) is 58.1 Å². The fourth-order valence-corrected chi connectivity index (χ4v) is 3.18. The average molecular weight is 472 g/mol. The second-order valence-electron chi connectivity index (χ2n) is 5.86. The van der Waals surface area contributed by atoms with E-state index in [2.05, 4.69) is 56.0 Å². The maximum absolute atomic E-state index is 5.23. The van der Waals surface area contributed by atoms with Gasteiger partial charge in [-0.05, 0) is 52.8 Å². The van der Waals surface area contributed by atoms with Gasteiger partial charge in [0.15, 0.2) is 5.82 Å². The summed E-state index contributed by atoms with van der Waals surface area (Å²) in [6, 6.07) is 9.56. The van der Waals surface area contributed by atoms with E-state index in [9.17, 15) is 0 Å². The Bertz CT molecular complexity index is 1110. The summed E-state index contributed by atoms with van der Waals surface area (Å²) in [5, 5.41) is 8.06. The maximum atomic E-state index is 5.23. The lowest BCUT2D eigenvalue weighted by Crippen LogP contribution is -2.05. The van der Waals surface area contributed by atoms with Crippen molar-refractivity contribution in [2.24, 2.45) is 0 Å². The van der Waals surface area contributed by atoms with Gasteiger partial charge < -0.3 is 10.1 Å². The maximum Gasteiger partial charge on any atom is 0.213 e. The van der Waals surface area contributed by atoms with Crippen LogP contribution in [0.1, 0.15) is 12.5 Å². The van der Waals surface area contributed by atoms with Gasteiger partial charge in [-0.1, -0.05) is 13.0 Å². The van der Waals surface area contributed by atoms with Crippen LogP contribution >= 0.6 is 22.6 Å². The van der Waals surface area contributed by atoms with Gasteiger partial charge in [-0.2, -0.15) is 0 Å². The lowest BCUT2D eigenvalue weighted by Gasteiger charge is -2.11. The van der Waals surface area contributed by atoms with Crippen molar-refractivity contribution in [3.8, 4) is 17.4 Å². The monoisotopic (exact) mass is 472 g/mol. The van der Waals surface area contributed by atoms with Crippen molar-refractivity contribution < 1.29 is 4.74 Å². The number of fused-ring (bicyclic) bond motifs is 1. The summed E-state index contributed by atoms with van der Waals surface area (Å²) in [6.45, 7) is 2.12. The minimum atomic E-state index is 0.520. The third-order valence-electron chi connectivity index (χ3n) is 4.12. The van der Waals surface area contributed by atoms with Gasteiger partial charge in [-0.3, -0.25) is 4.98 Å². The summed E-state index contributed by atoms with van der Waals surface area (Å²) in [5.74, 6) is 1.76. The van der Waals surface area contributed by atoms with Crippen LogP contribution in [0.15, 0.2) is 48.9 Å². The summed E-state index contributed by atoms with van der Waals surface area (Å²) < 4.78 is 8.09. The number of hydrogen-bond donors (Lipinski definition) is 1. The van der Waals surface area contributed by atoms with Crippen LogP contribution in [-0.4, -0.2) is 31.7 Å². The molecule has 0 spiro atoms. The fourth-order valence-electron chi connectivity index (χ4n) is 2.70. The second kappa shape index (κ2) is 7.47. The first-order chi connectivity index (χ1) is 13.2. The first kappa shape index (κ1) is 17.7. The van der Waals surface area contributed by atoms with Gasteiger partial charge in [-0.15, -0.1) is 5.10 Å². The normalized spacial score (nSPS) is 10.9. The van der Waals surface area contributed by atoms with Crippen LogP contribution in [0.3, 0.4) is 0 Å². The highest BCUT2D eigenvalue weighted by Gasteiger charge is 2.14. The zero-order valence-electron chi connectivity index (χ0n) is 14.8. The zero-order valence-corrected chi connectivity index (χ0v) is 17.0. The molecule has 136 valence electrons. The molecule has 0 aromatic carbocycles. The molecule has 4 aromatic rings. The van der Waals surface area contributed by atoms with Gasteiger partial charge in [0.25, 0.3) is 0 Å². The van der Waals surface area contributed by atoms with E-state index in [1.807, 2.05) is 28.9 Å². The van der Waals surface area contributed by atoms with Crippen molar-refractivity contribution in [2.45, 2.75) is 13.3 Å². The summed E-state index contributed by atoms with van der Waals surface area (Å²) in [5.41, 5.74) is 3.68. The van der Waals surface area contributed by atoms with Crippen LogP contribution < -0.4 is 10.1 Å². The van der Waals surface area contributed by atoms with Gasteiger partial charge in [0.05, 0.1) is 16.4 Å². The molecule has 4 rings (SSSR count). The molecule has 4 heterocycles. The topological polar surface area (TPSA) is 77.2 Å². The zero-order chi connectivity index (χ0) is 18.8. The molecule has 0 aliphatic heterocycles. The Morgan fingerprint density at radius 2 is 2.11 bits per heavy atom. The number of nitrogens with zero attached hydrogens (tertiary/aromatic N) is 5. The highest BCUT2D eigenvalue weighted by Crippen LogP contribution is 2.27. The molecule has 0 aliphatic carbocycles. The van der Waals surface area contributed by atoms with Crippen LogP contribution in [0.4, 0.5) is 11.5 Å². The molecule has 0 radical (unpaired) electrons. The van der Waals surface area contributed by atoms with E-state index in [0.29, 0.717) is 23.2 Å². The second-order valence-corrected chi connectivity index (χ2v) is 7.02. The van der Waals surface area contributed by atoms with E-state index < -0.39 is 0 Å². The number of nitrogens with one attached hydrogen (secondary N) is 1. The highest BCUT2D eigenvalue weighted by atomic mass is 127. The molecule has 0 atom stereocenters. The lowest BCUT2D eigenvalue weighted by molar-refractivity contribution is 0.398. The molecule has 0 saturated heterocycles. The number of ether oxygens (including phenoxy) is 1. The van der Waals surface area contributed by atoms with E-state index in [1.165, 1.54) is 5.56 Å².